The number of piperidine rings is 1. The molecule has 1 saturated heterocycles. The minimum atomic E-state index is -3.55. The summed E-state index contributed by atoms with van der Waals surface area (Å²) in [7, 11) is -3.55. The Morgan fingerprint density at radius 1 is 1.10 bits per heavy atom. The highest BCUT2D eigenvalue weighted by Crippen LogP contribution is 2.28. The molecule has 0 radical (unpaired) electrons. The van der Waals surface area contributed by atoms with Crippen LogP contribution in [0.25, 0.3) is 0 Å². The number of nitrogens with one attached hydrogen (secondary N) is 4. The van der Waals surface area contributed by atoms with Gasteiger partial charge in [0.1, 0.15) is 16.4 Å². The van der Waals surface area contributed by atoms with E-state index in [-0.39, 0.29) is 42.3 Å². The summed E-state index contributed by atoms with van der Waals surface area (Å²) in [6.45, 7) is 3.83. The molecule has 12 nitrogen and oxygen atoms in total. The Morgan fingerprint density at radius 3 is 2.58 bits per heavy atom. The Balaban J connectivity index is 1.35. The summed E-state index contributed by atoms with van der Waals surface area (Å²) in [5.41, 5.74) is 1.73. The Bertz CT molecular complexity index is 1410. The number of anilines is 1. The van der Waals surface area contributed by atoms with Crippen LogP contribution in [0.1, 0.15) is 71.4 Å². The highest BCUT2D eigenvalue weighted by atomic mass is 32.3. The molecule has 13 heteroatoms. The maximum Gasteiger partial charge on any atom is 0.319 e. The lowest BCUT2D eigenvalue weighted by Crippen LogP contribution is -2.54. The summed E-state index contributed by atoms with van der Waals surface area (Å²) >= 11 is 0. The first-order chi connectivity index (χ1) is 19.0. The molecule has 6 amide bonds. The number of benzene rings is 2. The van der Waals surface area contributed by atoms with Gasteiger partial charge >= 0.3 is 6.03 Å². The van der Waals surface area contributed by atoms with Gasteiger partial charge in [0.05, 0.1) is 11.1 Å². The normalized spacial score (nSPS) is 19.1. The summed E-state index contributed by atoms with van der Waals surface area (Å²) in [5, 5.41) is 7.48. The van der Waals surface area contributed by atoms with Crippen LogP contribution in [0.4, 0.5) is 10.5 Å². The third-order valence-corrected chi connectivity index (χ3v) is 8.08. The molecule has 40 heavy (non-hydrogen) atoms. The third kappa shape index (κ3) is 6.79. The molecule has 4 N–H and O–H groups in total. The molecule has 0 aliphatic carbocycles. The number of amides is 6. The largest absolute Gasteiger partial charge is 0.597 e. The fraction of sp³-hybridized carbons (Fsp3) is 0.370. The number of rotatable bonds is 10. The lowest BCUT2D eigenvalue weighted by Gasteiger charge is -2.27. The molecule has 0 bridgehead atoms. The van der Waals surface area contributed by atoms with Gasteiger partial charge in [0, 0.05) is 30.3 Å². The van der Waals surface area contributed by atoms with E-state index in [0.29, 0.717) is 16.8 Å². The van der Waals surface area contributed by atoms with Crippen LogP contribution in [0.3, 0.4) is 0 Å². The van der Waals surface area contributed by atoms with Gasteiger partial charge in [-0.15, -0.1) is 4.72 Å². The van der Waals surface area contributed by atoms with E-state index in [1.807, 2.05) is 13.8 Å². The number of sulfonamides is 1. The average molecular weight is 570 g/mol. The number of fused-ring (bicyclic) bond motifs is 1. The van der Waals surface area contributed by atoms with Crippen LogP contribution in [0.2, 0.25) is 0 Å². The summed E-state index contributed by atoms with van der Waals surface area (Å²) in [6, 6.07) is 9.28. The Hall–Kier alpha value is -3.94. The van der Waals surface area contributed by atoms with Crippen molar-refractivity contribution >= 4 is 45.7 Å². The molecule has 212 valence electrons. The van der Waals surface area contributed by atoms with E-state index in [4.69, 9.17) is 0 Å². The second-order valence-electron chi connectivity index (χ2n) is 9.90. The van der Waals surface area contributed by atoms with E-state index in [1.165, 1.54) is 12.1 Å². The van der Waals surface area contributed by atoms with Crippen LogP contribution in [0.5, 0.6) is 0 Å². The van der Waals surface area contributed by atoms with Crippen LogP contribution in [0.15, 0.2) is 42.5 Å². The van der Waals surface area contributed by atoms with E-state index in [1.54, 1.807) is 30.3 Å². The Labute approximate surface area is 232 Å². The van der Waals surface area contributed by atoms with Crippen LogP contribution < -0.4 is 20.7 Å². The number of hydrogen-bond donors (Lipinski definition) is 4. The number of nitrogens with zero attached hydrogens (tertiary/aromatic N) is 1. The Kier molecular flexibility index (Phi) is 8.76. The molecule has 4 rings (SSSR count). The summed E-state index contributed by atoms with van der Waals surface area (Å²) in [4.78, 5) is 62.9. The van der Waals surface area contributed by atoms with Crippen molar-refractivity contribution in [2.45, 2.75) is 63.9 Å². The van der Waals surface area contributed by atoms with Gasteiger partial charge in [-0.05, 0) is 49.6 Å². The van der Waals surface area contributed by atoms with E-state index in [0.717, 1.165) is 17.7 Å². The molecule has 3 atom stereocenters. The molecule has 2 aliphatic heterocycles. The first-order valence-electron chi connectivity index (χ1n) is 13.0. The number of urea groups is 1. The van der Waals surface area contributed by atoms with Crippen molar-refractivity contribution in [2.75, 3.05) is 5.32 Å². The topological polar surface area (TPSA) is 177 Å². The minimum Gasteiger partial charge on any atom is -0.597 e. The van der Waals surface area contributed by atoms with E-state index in [2.05, 4.69) is 20.7 Å². The fourth-order valence-corrected chi connectivity index (χ4v) is 6.22. The summed E-state index contributed by atoms with van der Waals surface area (Å²) in [6.07, 6.45) is 1.68. The zero-order valence-electron chi connectivity index (χ0n) is 22.2. The number of imide groups is 2. The van der Waals surface area contributed by atoms with Gasteiger partial charge in [-0.3, -0.25) is 29.4 Å². The Morgan fingerprint density at radius 2 is 1.85 bits per heavy atom. The summed E-state index contributed by atoms with van der Waals surface area (Å²) < 4.78 is 27.5. The van der Waals surface area contributed by atoms with Crippen molar-refractivity contribution < 1.29 is 32.7 Å². The van der Waals surface area contributed by atoms with E-state index in [9.17, 15) is 32.7 Å². The summed E-state index contributed by atoms with van der Waals surface area (Å²) in [5.74, 6) is -2.60. The first-order valence-corrected chi connectivity index (χ1v) is 14.6. The highest BCUT2D eigenvalue weighted by Gasteiger charge is 2.44. The monoisotopic (exact) mass is 569 g/mol. The number of carbonyl (C=O) groups is 5. The van der Waals surface area contributed by atoms with Gasteiger partial charge < -0.3 is 15.2 Å². The van der Waals surface area contributed by atoms with Crippen LogP contribution >= 0.6 is 0 Å². The quantitative estimate of drug-likeness (QED) is 0.250. The molecule has 0 aromatic heterocycles. The van der Waals surface area contributed by atoms with Crippen molar-refractivity contribution in [1.82, 2.24) is 20.3 Å². The third-order valence-electron chi connectivity index (χ3n) is 6.60. The molecule has 2 aromatic carbocycles. The SMILES string of the molecule is CCCC(C)N[S+](=O)([O-])Cc1cccc(NC(=O)NCc2ccc3c(c2)C(=O)N(C2CCC(=O)NC2=O)C3=O)c1. The average Bonchev–Trinajstić information content (AvgIpc) is 3.12. The molecule has 2 heterocycles. The second kappa shape index (κ2) is 12.1. The van der Waals surface area contributed by atoms with Gasteiger partial charge in [0.25, 0.3) is 11.8 Å². The van der Waals surface area contributed by atoms with Crippen LogP contribution in [0, 0.1) is 0 Å². The number of carbonyl (C=O) groups excluding carboxylic acids is 5. The maximum atomic E-state index is 13.0. The van der Waals surface area contributed by atoms with Gasteiger partial charge in [0.15, 0.2) is 5.75 Å². The van der Waals surface area contributed by atoms with Crippen molar-refractivity contribution in [2.24, 2.45) is 0 Å². The van der Waals surface area contributed by atoms with Gasteiger partial charge in [0.2, 0.25) is 11.8 Å². The van der Waals surface area contributed by atoms with Crippen LogP contribution in [-0.4, -0.2) is 51.2 Å². The van der Waals surface area contributed by atoms with Crippen molar-refractivity contribution in [3.05, 3.63) is 64.7 Å². The molecule has 0 saturated carbocycles. The number of hydrogen-bond acceptors (Lipinski definition) is 7. The van der Waals surface area contributed by atoms with E-state index < -0.39 is 46.1 Å². The van der Waals surface area contributed by atoms with Gasteiger partial charge in [-0.25, -0.2) is 4.79 Å². The molecule has 3 unspecified atom stereocenters. The zero-order valence-corrected chi connectivity index (χ0v) is 23.0. The van der Waals surface area contributed by atoms with Gasteiger partial charge in [-0.2, -0.15) is 0 Å². The predicted molar refractivity (Wildman–Crippen MR) is 145 cm³/mol. The molecule has 1 fully saturated rings. The smallest absolute Gasteiger partial charge is 0.319 e. The highest BCUT2D eigenvalue weighted by molar-refractivity contribution is 7.95. The van der Waals surface area contributed by atoms with E-state index >= 15 is 0 Å². The second-order valence-corrected chi connectivity index (χ2v) is 11.7. The lowest BCUT2D eigenvalue weighted by molar-refractivity contribution is -0.136. The lowest BCUT2D eigenvalue weighted by atomic mass is 10.0. The minimum absolute atomic E-state index is 0.0296. The van der Waals surface area contributed by atoms with Crippen LogP contribution in [-0.2, 0) is 36.5 Å². The first kappa shape index (κ1) is 29.1. The fourth-order valence-electron chi connectivity index (χ4n) is 4.78. The molecular formula is C27H31N5O7S. The molecular weight excluding hydrogens is 538 g/mol. The standard InChI is InChI=1S/C27H31N5O7S/c1-3-5-16(2)31-40(38,39)15-18-6-4-7-19(12-18)29-27(37)28-14-17-8-9-20-21(13-17)26(36)32(25(20)35)22-10-11-23(33)30-24(22)34/h4,6-9,12-13,16,22H,3,5,10-11,14-15H2,1-2H3,(H4-,28,29,30,31,33,34,37,38,39). The predicted octanol–water partition coefficient (Wildman–Crippen LogP) is 2.23. The van der Waals surface area contributed by atoms with Crippen molar-refractivity contribution in [3.63, 3.8) is 0 Å². The molecule has 2 aromatic rings. The molecule has 2 aliphatic rings. The van der Waals surface area contributed by atoms with Crippen molar-refractivity contribution in [1.29, 1.82) is 0 Å². The van der Waals surface area contributed by atoms with Crippen molar-refractivity contribution in [3.8, 4) is 0 Å². The maximum absolute atomic E-state index is 13.0. The zero-order chi connectivity index (χ0) is 29.0. The molecule has 0 spiro atoms. The van der Waals surface area contributed by atoms with Gasteiger partial charge in [-0.1, -0.05) is 35.8 Å².